The zero-order valence-corrected chi connectivity index (χ0v) is 11.3. The van der Waals surface area contributed by atoms with Crippen molar-refractivity contribution in [2.75, 3.05) is 13.6 Å². The Hall–Kier alpha value is -1.55. The number of benzene rings is 1. The second-order valence-electron chi connectivity index (χ2n) is 4.20. The molecule has 0 aliphatic rings. The van der Waals surface area contributed by atoms with Crippen LogP contribution in [0.2, 0.25) is 0 Å². The summed E-state index contributed by atoms with van der Waals surface area (Å²) in [5.41, 5.74) is 1.21. The normalized spacial score (nSPS) is 11.9. The second kappa shape index (κ2) is 7.71. The molecule has 0 aromatic heterocycles. The van der Waals surface area contributed by atoms with Gasteiger partial charge in [-0.05, 0) is 37.6 Å². The number of hydrogen-bond acceptors (Lipinski definition) is 3. The first-order chi connectivity index (χ1) is 8.67. The standard InChI is InChI=1S/C14H22N2O2/c1-4-9-16-10-12-5-7-13(8-6-12)18-11(2)14(17)15-3/h5-8,11,16H,4,9-10H2,1-3H3,(H,15,17). The molecule has 0 heterocycles. The molecule has 1 rings (SSSR count). The molecule has 0 aliphatic heterocycles. The fourth-order valence-electron chi connectivity index (χ4n) is 1.56. The first-order valence-corrected chi connectivity index (χ1v) is 6.35. The van der Waals surface area contributed by atoms with Crippen LogP contribution >= 0.6 is 0 Å². The summed E-state index contributed by atoms with van der Waals surface area (Å²) in [6.45, 7) is 5.75. The molecular formula is C14H22N2O2. The Morgan fingerprint density at radius 3 is 2.56 bits per heavy atom. The number of likely N-dealkylation sites (N-methyl/N-ethyl adjacent to an activating group) is 1. The van der Waals surface area contributed by atoms with Gasteiger partial charge in [-0.25, -0.2) is 0 Å². The molecule has 1 unspecified atom stereocenters. The van der Waals surface area contributed by atoms with Crippen LogP contribution in [0.3, 0.4) is 0 Å². The maximum Gasteiger partial charge on any atom is 0.260 e. The Labute approximate surface area is 109 Å². The van der Waals surface area contributed by atoms with Crippen molar-refractivity contribution < 1.29 is 9.53 Å². The van der Waals surface area contributed by atoms with Crippen LogP contribution in [0.1, 0.15) is 25.8 Å². The van der Waals surface area contributed by atoms with Crippen LogP contribution in [0.4, 0.5) is 0 Å². The van der Waals surface area contributed by atoms with Crippen LogP contribution in [0.5, 0.6) is 5.75 Å². The summed E-state index contributed by atoms with van der Waals surface area (Å²) in [6.07, 6.45) is 0.657. The van der Waals surface area contributed by atoms with Gasteiger partial charge in [-0.15, -0.1) is 0 Å². The van der Waals surface area contributed by atoms with E-state index < -0.39 is 6.10 Å². The van der Waals surface area contributed by atoms with Gasteiger partial charge < -0.3 is 15.4 Å². The van der Waals surface area contributed by atoms with Gasteiger partial charge in [0.25, 0.3) is 5.91 Å². The number of hydrogen-bond donors (Lipinski definition) is 2. The summed E-state index contributed by atoms with van der Waals surface area (Å²) in [4.78, 5) is 11.3. The molecular weight excluding hydrogens is 228 g/mol. The molecule has 1 aromatic carbocycles. The van der Waals surface area contributed by atoms with Gasteiger partial charge in [-0.1, -0.05) is 19.1 Å². The molecule has 100 valence electrons. The maximum absolute atomic E-state index is 11.3. The van der Waals surface area contributed by atoms with Crippen molar-refractivity contribution in [3.8, 4) is 5.75 Å². The Morgan fingerprint density at radius 1 is 1.33 bits per heavy atom. The second-order valence-corrected chi connectivity index (χ2v) is 4.20. The molecule has 1 amide bonds. The van der Waals surface area contributed by atoms with E-state index in [0.717, 1.165) is 19.5 Å². The van der Waals surface area contributed by atoms with E-state index >= 15 is 0 Å². The van der Waals surface area contributed by atoms with E-state index in [4.69, 9.17) is 4.74 Å². The highest BCUT2D eigenvalue weighted by Gasteiger charge is 2.11. The summed E-state index contributed by atoms with van der Waals surface area (Å²) in [5.74, 6) is 0.592. The lowest BCUT2D eigenvalue weighted by Gasteiger charge is -2.13. The lowest BCUT2D eigenvalue weighted by Crippen LogP contribution is -2.33. The number of carbonyl (C=O) groups excluding carboxylic acids is 1. The zero-order chi connectivity index (χ0) is 13.4. The van der Waals surface area contributed by atoms with Crippen molar-refractivity contribution in [3.63, 3.8) is 0 Å². The molecule has 4 heteroatoms. The molecule has 1 atom stereocenters. The van der Waals surface area contributed by atoms with Crippen LogP contribution in [0.15, 0.2) is 24.3 Å². The Bertz CT molecular complexity index is 363. The third-order valence-corrected chi connectivity index (χ3v) is 2.61. The number of amides is 1. The predicted molar refractivity (Wildman–Crippen MR) is 72.6 cm³/mol. The monoisotopic (exact) mass is 250 g/mol. The van der Waals surface area contributed by atoms with Crippen LogP contribution in [-0.2, 0) is 11.3 Å². The number of ether oxygens (including phenoxy) is 1. The molecule has 18 heavy (non-hydrogen) atoms. The Kier molecular flexibility index (Phi) is 6.22. The van der Waals surface area contributed by atoms with Crippen molar-refractivity contribution in [3.05, 3.63) is 29.8 Å². The van der Waals surface area contributed by atoms with Crippen molar-refractivity contribution in [2.45, 2.75) is 32.9 Å². The molecule has 0 spiro atoms. The van der Waals surface area contributed by atoms with Crippen molar-refractivity contribution in [2.24, 2.45) is 0 Å². The number of rotatable bonds is 7. The summed E-state index contributed by atoms with van der Waals surface area (Å²) < 4.78 is 5.52. The van der Waals surface area contributed by atoms with E-state index in [1.807, 2.05) is 24.3 Å². The lowest BCUT2D eigenvalue weighted by atomic mass is 10.2. The third kappa shape index (κ3) is 4.75. The van der Waals surface area contributed by atoms with E-state index in [2.05, 4.69) is 17.6 Å². The first-order valence-electron chi connectivity index (χ1n) is 6.35. The van der Waals surface area contributed by atoms with Crippen LogP contribution < -0.4 is 15.4 Å². The van der Waals surface area contributed by atoms with Crippen molar-refractivity contribution in [1.82, 2.24) is 10.6 Å². The van der Waals surface area contributed by atoms with Gasteiger partial charge in [-0.2, -0.15) is 0 Å². The van der Waals surface area contributed by atoms with Gasteiger partial charge >= 0.3 is 0 Å². The fraction of sp³-hybridized carbons (Fsp3) is 0.500. The molecule has 2 N–H and O–H groups in total. The highest BCUT2D eigenvalue weighted by atomic mass is 16.5. The minimum atomic E-state index is -0.473. The highest BCUT2D eigenvalue weighted by molar-refractivity contribution is 5.80. The van der Waals surface area contributed by atoms with Gasteiger partial charge in [0.15, 0.2) is 6.10 Å². The van der Waals surface area contributed by atoms with Crippen LogP contribution in [-0.4, -0.2) is 25.6 Å². The van der Waals surface area contributed by atoms with E-state index in [-0.39, 0.29) is 5.91 Å². The molecule has 0 aliphatic carbocycles. The van der Waals surface area contributed by atoms with E-state index in [1.54, 1.807) is 14.0 Å². The first kappa shape index (κ1) is 14.5. The average molecular weight is 250 g/mol. The third-order valence-electron chi connectivity index (χ3n) is 2.61. The van der Waals surface area contributed by atoms with Crippen LogP contribution in [0.25, 0.3) is 0 Å². The minimum Gasteiger partial charge on any atom is -0.481 e. The van der Waals surface area contributed by atoms with Gasteiger partial charge in [0, 0.05) is 13.6 Å². The zero-order valence-electron chi connectivity index (χ0n) is 11.3. The molecule has 4 nitrogen and oxygen atoms in total. The van der Waals surface area contributed by atoms with Crippen molar-refractivity contribution >= 4 is 5.91 Å². The smallest absolute Gasteiger partial charge is 0.260 e. The summed E-state index contributed by atoms with van der Waals surface area (Å²) >= 11 is 0. The Morgan fingerprint density at radius 2 is 2.00 bits per heavy atom. The van der Waals surface area contributed by atoms with Crippen molar-refractivity contribution in [1.29, 1.82) is 0 Å². The SMILES string of the molecule is CCCNCc1ccc(OC(C)C(=O)NC)cc1. The lowest BCUT2D eigenvalue weighted by molar-refractivity contribution is -0.126. The molecule has 0 bridgehead atoms. The highest BCUT2D eigenvalue weighted by Crippen LogP contribution is 2.13. The summed E-state index contributed by atoms with van der Waals surface area (Å²) in [6, 6.07) is 7.80. The van der Waals surface area contributed by atoms with Gasteiger partial charge in [0.2, 0.25) is 0 Å². The molecule has 0 saturated heterocycles. The quantitative estimate of drug-likeness (QED) is 0.724. The van der Waals surface area contributed by atoms with E-state index in [9.17, 15) is 4.79 Å². The Balaban J connectivity index is 2.47. The fourth-order valence-corrected chi connectivity index (χ4v) is 1.56. The topological polar surface area (TPSA) is 50.4 Å². The van der Waals surface area contributed by atoms with Crippen LogP contribution in [0, 0.1) is 0 Å². The average Bonchev–Trinajstić information content (AvgIpc) is 2.40. The number of carbonyl (C=O) groups is 1. The van der Waals surface area contributed by atoms with Gasteiger partial charge in [0.1, 0.15) is 5.75 Å². The van der Waals surface area contributed by atoms with Gasteiger partial charge in [-0.3, -0.25) is 4.79 Å². The summed E-state index contributed by atoms with van der Waals surface area (Å²) in [7, 11) is 1.60. The van der Waals surface area contributed by atoms with Gasteiger partial charge in [0.05, 0.1) is 0 Å². The number of nitrogens with one attached hydrogen (secondary N) is 2. The molecule has 0 radical (unpaired) electrons. The van der Waals surface area contributed by atoms with E-state index in [1.165, 1.54) is 5.56 Å². The molecule has 1 aromatic rings. The minimum absolute atomic E-state index is 0.122. The molecule has 0 saturated carbocycles. The maximum atomic E-state index is 11.3. The predicted octanol–water partition coefficient (Wildman–Crippen LogP) is 1.70. The summed E-state index contributed by atoms with van der Waals surface area (Å²) in [5, 5.41) is 5.89. The largest absolute Gasteiger partial charge is 0.481 e. The van der Waals surface area contributed by atoms with E-state index in [0.29, 0.717) is 5.75 Å². The molecule has 0 fully saturated rings.